The molecular weight excluding hydrogens is 330 g/mol. The van der Waals surface area contributed by atoms with Crippen molar-refractivity contribution in [1.82, 2.24) is 23.8 Å². The average Bonchev–Trinajstić information content (AvgIpc) is 3.25. The molecule has 9 heteroatoms. The molecule has 2 aromatic heterocycles. The Bertz CT molecular complexity index is 796. The number of hydrogen-bond acceptors (Lipinski definition) is 5. The third kappa shape index (κ3) is 3.38. The summed E-state index contributed by atoms with van der Waals surface area (Å²) in [5.74, 6) is 0.869. The van der Waals surface area contributed by atoms with Gasteiger partial charge in [0.15, 0.2) is 5.03 Å². The van der Waals surface area contributed by atoms with Crippen molar-refractivity contribution in [2.45, 2.75) is 37.4 Å². The van der Waals surface area contributed by atoms with Gasteiger partial charge in [0.25, 0.3) is 10.0 Å². The highest BCUT2D eigenvalue weighted by Crippen LogP contribution is 2.33. The zero-order valence-electron chi connectivity index (χ0n) is 14.1. The summed E-state index contributed by atoms with van der Waals surface area (Å²) in [7, 11) is -1.72. The van der Waals surface area contributed by atoms with Gasteiger partial charge in [0.05, 0.1) is 6.33 Å². The first kappa shape index (κ1) is 17.1. The molecule has 3 heterocycles. The molecule has 1 N–H and O–H groups in total. The maximum absolute atomic E-state index is 12.4. The summed E-state index contributed by atoms with van der Waals surface area (Å²) in [6.45, 7) is 4.85. The molecule has 24 heavy (non-hydrogen) atoms. The summed E-state index contributed by atoms with van der Waals surface area (Å²) in [6.07, 6.45) is 7.26. The van der Waals surface area contributed by atoms with Crippen LogP contribution in [-0.2, 0) is 21.8 Å². The number of imidazole rings is 2. The summed E-state index contributed by atoms with van der Waals surface area (Å²) in [5.41, 5.74) is 0. The van der Waals surface area contributed by atoms with Gasteiger partial charge in [0.2, 0.25) is 0 Å². The molecular formula is C15H23N5O3S. The van der Waals surface area contributed by atoms with Crippen molar-refractivity contribution in [3.8, 4) is 0 Å². The molecule has 2 aromatic rings. The second-order valence-corrected chi connectivity index (χ2v) is 8.06. The van der Waals surface area contributed by atoms with E-state index in [4.69, 9.17) is 4.74 Å². The number of aryl methyl sites for hydroxylation is 1. The molecule has 0 unspecified atom stereocenters. The Hall–Kier alpha value is -1.71. The molecule has 0 spiro atoms. The first-order valence-corrected chi connectivity index (χ1v) is 9.49. The number of nitrogens with zero attached hydrogens (tertiary/aromatic N) is 4. The van der Waals surface area contributed by atoms with E-state index in [1.54, 1.807) is 17.0 Å². The Morgan fingerprint density at radius 2 is 2.21 bits per heavy atom. The minimum Gasteiger partial charge on any atom is -0.370 e. The average molecular weight is 353 g/mol. The molecule has 8 nitrogen and oxygen atoms in total. The zero-order chi connectivity index (χ0) is 17.3. The Labute approximate surface area is 141 Å². The number of nitrogens with one attached hydrogen (secondary N) is 1. The Morgan fingerprint density at radius 1 is 1.42 bits per heavy atom. The number of rotatable bonds is 6. The lowest BCUT2D eigenvalue weighted by Crippen LogP contribution is -2.31. The summed E-state index contributed by atoms with van der Waals surface area (Å²) < 4.78 is 37.0. The molecule has 0 aliphatic carbocycles. The van der Waals surface area contributed by atoms with Gasteiger partial charge in [-0.05, 0) is 20.3 Å². The maximum Gasteiger partial charge on any atom is 0.259 e. The smallest absolute Gasteiger partial charge is 0.259 e. The highest BCUT2D eigenvalue weighted by atomic mass is 32.2. The minimum atomic E-state index is -3.63. The monoisotopic (exact) mass is 353 g/mol. The highest BCUT2D eigenvalue weighted by molar-refractivity contribution is 7.89. The zero-order valence-corrected chi connectivity index (χ0v) is 14.9. The molecule has 1 fully saturated rings. The van der Waals surface area contributed by atoms with Crippen LogP contribution in [0.25, 0.3) is 0 Å². The van der Waals surface area contributed by atoms with E-state index < -0.39 is 10.0 Å². The van der Waals surface area contributed by atoms with E-state index in [-0.39, 0.29) is 23.1 Å². The van der Waals surface area contributed by atoms with Crippen LogP contribution in [0.15, 0.2) is 29.9 Å². The fourth-order valence-corrected chi connectivity index (χ4v) is 3.84. The van der Waals surface area contributed by atoms with Gasteiger partial charge in [-0.25, -0.2) is 23.1 Å². The van der Waals surface area contributed by atoms with E-state index in [1.807, 2.05) is 31.7 Å². The van der Waals surface area contributed by atoms with Crippen LogP contribution in [0.3, 0.4) is 0 Å². The maximum atomic E-state index is 12.4. The molecule has 0 radical (unpaired) electrons. The Morgan fingerprint density at radius 3 is 2.83 bits per heavy atom. The number of aromatic nitrogens is 4. The predicted octanol–water partition coefficient (Wildman–Crippen LogP) is 1.25. The van der Waals surface area contributed by atoms with Gasteiger partial charge >= 0.3 is 0 Å². The van der Waals surface area contributed by atoms with Crippen molar-refractivity contribution in [3.63, 3.8) is 0 Å². The van der Waals surface area contributed by atoms with Gasteiger partial charge in [0.1, 0.15) is 11.9 Å². The van der Waals surface area contributed by atoms with Crippen molar-refractivity contribution in [3.05, 3.63) is 30.7 Å². The lowest BCUT2D eigenvalue weighted by Gasteiger charge is -2.18. The minimum absolute atomic E-state index is 0.0451. The molecule has 0 saturated carbocycles. The van der Waals surface area contributed by atoms with Crippen LogP contribution in [0.5, 0.6) is 0 Å². The van der Waals surface area contributed by atoms with Crippen LogP contribution in [0.4, 0.5) is 0 Å². The van der Waals surface area contributed by atoms with E-state index >= 15 is 0 Å². The molecule has 0 bridgehead atoms. The fraction of sp³-hybridized carbons (Fsp3) is 0.600. The van der Waals surface area contributed by atoms with Gasteiger partial charge in [-0.15, -0.1) is 0 Å². The number of hydrogen-bond donors (Lipinski definition) is 1. The normalized spacial score (nSPS) is 21.7. The van der Waals surface area contributed by atoms with Gasteiger partial charge in [-0.3, -0.25) is 0 Å². The topological polar surface area (TPSA) is 91.0 Å². The second kappa shape index (κ2) is 6.66. The van der Waals surface area contributed by atoms with Crippen molar-refractivity contribution in [2.24, 2.45) is 13.0 Å². The first-order chi connectivity index (χ1) is 11.4. The van der Waals surface area contributed by atoms with E-state index in [9.17, 15) is 8.42 Å². The van der Waals surface area contributed by atoms with E-state index in [0.29, 0.717) is 13.2 Å². The standard InChI is InChI=1S/C15H23N5O3S/c1-11(2)20-9-13(17-10-20)24(21,22)18-8-12-4-7-23-14(12)15-16-5-6-19(15)3/h5-6,9-12,14,18H,4,7-8H2,1-3H3/t12-,14+/m0/s1. The van der Waals surface area contributed by atoms with Crippen LogP contribution in [0, 0.1) is 5.92 Å². The number of ether oxygens (including phenoxy) is 1. The molecule has 1 aliphatic rings. The second-order valence-electron chi connectivity index (χ2n) is 6.34. The largest absolute Gasteiger partial charge is 0.370 e. The van der Waals surface area contributed by atoms with Crippen molar-refractivity contribution in [1.29, 1.82) is 0 Å². The van der Waals surface area contributed by atoms with Gasteiger partial charge in [-0.1, -0.05) is 0 Å². The predicted molar refractivity (Wildman–Crippen MR) is 87.8 cm³/mol. The van der Waals surface area contributed by atoms with Crippen molar-refractivity contribution < 1.29 is 13.2 Å². The summed E-state index contributed by atoms with van der Waals surface area (Å²) in [6, 6.07) is 0.164. The molecule has 1 saturated heterocycles. The number of sulfonamides is 1. The van der Waals surface area contributed by atoms with Crippen molar-refractivity contribution >= 4 is 10.0 Å². The van der Waals surface area contributed by atoms with E-state index in [2.05, 4.69) is 14.7 Å². The quantitative estimate of drug-likeness (QED) is 0.844. The SMILES string of the molecule is CC(C)n1cnc(S(=O)(=O)NC[C@@H]2CCO[C@H]2c2nccn2C)c1. The summed E-state index contributed by atoms with van der Waals surface area (Å²) >= 11 is 0. The van der Waals surface area contributed by atoms with Crippen LogP contribution >= 0.6 is 0 Å². The summed E-state index contributed by atoms with van der Waals surface area (Å²) in [4.78, 5) is 8.32. The Balaban J connectivity index is 1.68. The van der Waals surface area contributed by atoms with Gasteiger partial charge in [0, 0.05) is 50.7 Å². The Kier molecular flexibility index (Phi) is 4.75. The molecule has 2 atom stereocenters. The molecule has 132 valence electrons. The van der Waals surface area contributed by atoms with Gasteiger partial charge in [-0.2, -0.15) is 0 Å². The van der Waals surface area contributed by atoms with Crippen LogP contribution < -0.4 is 4.72 Å². The van der Waals surface area contributed by atoms with Crippen LogP contribution in [-0.4, -0.2) is 40.7 Å². The van der Waals surface area contributed by atoms with E-state index in [1.165, 1.54) is 6.33 Å². The van der Waals surface area contributed by atoms with Crippen molar-refractivity contribution in [2.75, 3.05) is 13.2 Å². The molecule has 3 rings (SSSR count). The third-order valence-corrected chi connectivity index (χ3v) is 5.62. The lowest BCUT2D eigenvalue weighted by atomic mass is 10.0. The van der Waals surface area contributed by atoms with Crippen LogP contribution in [0.1, 0.15) is 38.2 Å². The highest BCUT2D eigenvalue weighted by Gasteiger charge is 2.33. The third-order valence-electron chi connectivity index (χ3n) is 4.31. The van der Waals surface area contributed by atoms with Gasteiger partial charge < -0.3 is 13.9 Å². The van der Waals surface area contributed by atoms with Crippen LogP contribution in [0.2, 0.25) is 0 Å². The lowest BCUT2D eigenvalue weighted by molar-refractivity contribution is 0.0823. The fourth-order valence-electron chi connectivity index (χ4n) is 2.81. The van der Waals surface area contributed by atoms with E-state index in [0.717, 1.165) is 12.2 Å². The first-order valence-electron chi connectivity index (χ1n) is 8.00. The molecule has 1 aliphatic heterocycles. The molecule has 0 aromatic carbocycles. The summed E-state index contributed by atoms with van der Waals surface area (Å²) in [5, 5.41) is 0.0451. The molecule has 0 amide bonds.